The van der Waals surface area contributed by atoms with Crippen LogP contribution in [-0.2, 0) is 16.5 Å². The largest absolute Gasteiger partial charge is 0.497 e. The topological polar surface area (TPSA) is 56.2 Å². The van der Waals surface area contributed by atoms with Gasteiger partial charge < -0.3 is 10.1 Å². The fourth-order valence-electron chi connectivity index (χ4n) is 2.18. The van der Waals surface area contributed by atoms with Crippen LogP contribution in [0.25, 0.3) is 5.69 Å². The maximum atomic E-state index is 11.9. The molecule has 0 aliphatic carbocycles. The molecule has 0 radical (unpaired) electrons. The summed E-state index contributed by atoms with van der Waals surface area (Å²) >= 11 is 3.42. The molecule has 1 aliphatic heterocycles. The summed E-state index contributed by atoms with van der Waals surface area (Å²) in [5.41, 5.74) is 3.49. The average molecular weight is 322 g/mol. The predicted molar refractivity (Wildman–Crippen MR) is 75.1 cm³/mol. The molecule has 1 aromatic carbocycles. The smallest absolute Gasteiger partial charge is 0.230 e. The van der Waals surface area contributed by atoms with Crippen molar-refractivity contribution in [2.45, 2.75) is 11.8 Å². The summed E-state index contributed by atoms with van der Waals surface area (Å²) in [5.74, 6) is 0.699. The Kier molecular flexibility index (Phi) is 3.02. The molecule has 0 fully saturated rings. The summed E-state index contributed by atoms with van der Waals surface area (Å²) in [4.78, 5) is 11.9. The monoisotopic (exact) mass is 321 g/mol. The third kappa shape index (κ3) is 2.02. The number of alkyl halides is 1. The summed E-state index contributed by atoms with van der Waals surface area (Å²) < 4.78 is 7.03. The molecule has 1 amide bonds. The van der Waals surface area contributed by atoms with Crippen LogP contribution in [0.2, 0.25) is 0 Å². The molecule has 3 rings (SSSR count). The first kappa shape index (κ1) is 12.2. The normalized spacial score (nSPS) is 13.3. The second-order valence-electron chi connectivity index (χ2n) is 4.27. The number of aromatic nitrogens is 2. The van der Waals surface area contributed by atoms with Crippen LogP contribution in [0.15, 0.2) is 24.4 Å². The summed E-state index contributed by atoms with van der Waals surface area (Å²) in [7, 11) is 1.62. The second kappa shape index (κ2) is 4.70. The molecular weight excluding hydrogens is 310 g/mol. The maximum Gasteiger partial charge on any atom is 0.230 e. The number of amides is 1. The Labute approximate surface area is 118 Å². The molecule has 0 saturated carbocycles. The quantitative estimate of drug-likeness (QED) is 0.863. The highest BCUT2D eigenvalue weighted by molar-refractivity contribution is 9.08. The average Bonchev–Trinajstić information content (AvgIpc) is 2.75. The molecule has 2 aromatic rings. The predicted octanol–water partition coefficient (Wildman–Crippen LogP) is 2.27. The highest BCUT2D eigenvalue weighted by Crippen LogP contribution is 2.30. The fourth-order valence-corrected chi connectivity index (χ4v) is 2.65. The molecule has 6 heteroatoms. The molecule has 19 heavy (non-hydrogen) atoms. The molecular formula is C13H12BrN3O2. The SMILES string of the molecule is COc1ccc2c(c1)-n1ncc(CBr)c1CC(=O)N2. The lowest BCUT2D eigenvalue weighted by Crippen LogP contribution is -2.13. The molecule has 1 aromatic heterocycles. The molecule has 0 spiro atoms. The third-order valence-electron chi connectivity index (χ3n) is 3.13. The number of nitrogens with one attached hydrogen (secondary N) is 1. The standard InChI is InChI=1S/C13H12BrN3O2/c1-19-9-2-3-10-12(4-9)17-11(5-13(18)16-10)8(6-14)7-15-17/h2-4,7H,5-6H2,1H3,(H,16,18). The van der Waals surface area contributed by atoms with Gasteiger partial charge in [0.15, 0.2) is 0 Å². The van der Waals surface area contributed by atoms with Crippen LogP contribution in [0.1, 0.15) is 11.3 Å². The number of hydrogen-bond donors (Lipinski definition) is 1. The zero-order chi connectivity index (χ0) is 13.4. The van der Waals surface area contributed by atoms with E-state index in [0.29, 0.717) is 11.8 Å². The minimum atomic E-state index is -0.0344. The van der Waals surface area contributed by atoms with E-state index in [4.69, 9.17) is 4.74 Å². The van der Waals surface area contributed by atoms with Gasteiger partial charge in [0.25, 0.3) is 0 Å². The Bertz CT molecular complexity index is 651. The van der Waals surface area contributed by atoms with E-state index in [0.717, 1.165) is 28.4 Å². The van der Waals surface area contributed by atoms with Gasteiger partial charge in [-0.15, -0.1) is 0 Å². The van der Waals surface area contributed by atoms with Crippen molar-refractivity contribution in [2.75, 3.05) is 12.4 Å². The van der Waals surface area contributed by atoms with Crippen molar-refractivity contribution in [1.82, 2.24) is 9.78 Å². The van der Waals surface area contributed by atoms with Crippen LogP contribution in [-0.4, -0.2) is 22.8 Å². The summed E-state index contributed by atoms with van der Waals surface area (Å²) in [6, 6.07) is 5.52. The second-order valence-corrected chi connectivity index (χ2v) is 4.83. The van der Waals surface area contributed by atoms with Crippen molar-refractivity contribution < 1.29 is 9.53 Å². The molecule has 98 valence electrons. The van der Waals surface area contributed by atoms with Gasteiger partial charge >= 0.3 is 0 Å². The molecule has 1 aliphatic rings. The number of rotatable bonds is 2. The Morgan fingerprint density at radius 2 is 2.37 bits per heavy atom. The first-order valence-electron chi connectivity index (χ1n) is 5.83. The van der Waals surface area contributed by atoms with E-state index >= 15 is 0 Å². The van der Waals surface area contributed by atoms with Crippen LogP contribution in [0.5, 0.6) is 5.75 Å². The Balaban J connectivity index is 2.24. The van der Waals surface area contributed by atoms with E-state index in [1.807, 2.05) is 18.2 Å². The van der Waals surface area contributed by atoms with Crippen LogP contribution < -0.4 is 10.1 Å². The number of benzene rings is 1. The number of ether oxygens (including phenoxy) is 1. The first-order valence-corrected chi connectivity index (χ1v) is 6.95. The number of methoxy groups -OCH3 is 1. The van der Waals surface area contributed by atoms with Gasteiger partial charge in [0.05, 0.1) is 36.8 Å². The lowest BCUT2D eigenvalue weighted by molar-refractivity contribution is -0.115. The summed E-state index contributed by atoms with van der Waals surface area (Å²) in [6.07, 6.45) is 2.10. The van der Waals surface area contributed by atoms with Gasteiger partial charge in [0, 0.05) is 17.0 Å². The van der Waals surface area contributed by atoms with Crippen LogP contribution in [0.3, 0.4) is 0 Å². The molecule has 5 nitrogen and oxygen atoms in total. The zero-order valence-electron chi connectivity index (χ0n) is 10.3. The highest BCUT2D eigenvalue weighted by atomic mass is 79.9. The van der Waals surface area contributed by atoms with E-state index in [9.17, 15) is 4.79 Å². The van der Waals surface area contributed by atoms with Crippen molar-refractivity contribution in [3.05, 3.63) is 35.7 Å². The summed E-state index contributed by atoms with van der Waals surface area (Å²) in [6.45, 7) is 0. The van der Waals surface area contributed by atoms with E-state index in [-0.39, 0.29) is 5.91 Å². The number of carbonyl (C=O) groups excluding carboxylic acids is 1. The van der Waals surface area contributed by atoms with Crippen molar-refractivity contribution in [3.63, 3.8) is 0 Å². The van der Waals surface area contributed by atoms with Gasteiger partial charge in [0.2, 0.25) is 5.91 Å². The molecule has 0 bridgehead atoms. The Morgan fingerprint density at radius 1 is 1.53 bits per heavy atom. The van der Waals surface area contributed by atoms with Gasteiger partial charge in [-0.25, -0.2) is 4.68 Å². The highest BCUT2D eigenvalue weighted by Gasteiger charge is 2.22. The van der Waals surface area contributed by atoms with Gasteiger partial charge in [-0.3, -0.25) is 4.79 Å². The van der Waals surface area contributed by atoms with Crippen LogP contribution >= 0.6 is 15.9 Å². The molecule has 0 unspecified atom stereocenters. The lowest BCUT2D eigenvalue weighted by Gasteiger charge is -2.10. The third-order valence-corrected chi connectivity index (χ3v) is 3.74. The Morgan fingerprint density at radius 3 is 3.11 bits per heavy atom. The first-order chi connectivity index (χ1) is 9.22. The number of carbonyl (C=O) groups is 1. The maximum absolute atomic E-state index is 11.9. The number of fused-ring (bicyclic) bond motifs is 3. The minimum absolute atomic E-state index is 0.0344. The number of anilines is 1. The van der Waals surface area contributed by atoms with Gasteiger partial charge in [-0.1, -0.05) is 15.9 Å². The van der Waals surface area contributed by atoms with Crippen molar-refractivity contribution in [2.24, 2.45) is 0 Å². The van der Waals surface area contributed by atoms with Gasteiger partial charge in [0.1, 0.15) is 5.75 Å². The van der Waals surface area contributed by atoms with Crippen molar-refractivity contribution in [3.8, 4) is 11.4 Å². The number of hydrogen-bond acceptors (Lipinski definition) is 3. The van der Waals surface area contributed by atoms with E-state index in [1.165, 1.54) is 0 Å². The Hall–Kier alpha value is -1.82. The number of halogens is 1. The lowest BCUT2D eigenvalue weighted by atomic mass is 10.2. The minimum Gasteiger partial charge on any atom is -0.497 e. The fraction of sp³-hybridized carbons (Fsp3) is 0.231. The van der Waals surface area contributed by atoms with E-state index in [1.54, 1.807) is 18.0 Å². The van der Waals surface area contributed by atoms with E-state index in [2.05, 4.69) is 26.3 Å². The zero-order valence-corrected chi connectivity index (χ0v) is 11.9. The van der Waals surface area contributed by atoms with Gasteiger partial charge in [-0.05, 0) is 12.1 Å². The molecule has 1 N–H and O–H groups in total. The molecule has 0 saturated heterocycles. The van der Waals surface area contributed by atoms with Crippen LogP contribution in [0.4, 0.5) is 5.69 Å². The molecule has 0 atom stereocenters. The van der Waals surface area contributed by atoms with Gasteiger partial charge in [-0.2, -0.15) is 5.10 Å². The summed E-state index contributed by atoms with van der Waals surface area (Å²) in [5, 5.41) is 7.94. The van der Waals surface area contributed by atoms with Crippen LogP contribution in [0, 0.1) is 0 Å². The number of nitrogens with zero attached hydrogens (tertiary/aromatic N) is 2. The van der Waals surface area contributed by atoms with Crippen molar-refractivity contribution in [1.29, 1.82) is 0 Å². The molecule has 2 heterocycles. The van der Waals surface area contributed by atoms with E-state index < -0.39 is 0 Å². The van der Waals surface area contributed by atoms with Crippen molar-refractivity contribution >= 4 is 27.5 Å².